The van der Waals surface area contributed by atoms with Gasteiger partial charge in [-0.2, -0.15) is 15.0 Å². The molecule has 0 radical (unpaired) electrons. The Hall–Kier alpha value is -1.10. The first-order valence-electron chi connectivity index (χ1n) is 7.00. The van der Waals surface area contributed by atoms with Crippen molar-refractivity contribution in [3.63, 3.8) is 0 Å². The number of ether oxygens (including phenoxy) is 1. The van der Waals surface area contributed by atoms with Crippen LogP contribution in [0.5, 0.6) is 6.01 Å². The van der Waals surface area contributed by atoms with Crippen LogP contribution in [0.4, 0.5) is 5.95 Å². The van der Waals surface area contributed by atoms with Gasteiger partial charge in [0.15, 0.2) is 0 Å². The minimum Gasteiger partial charge on any atom is -0.464 e. The maximum Gasteiger partial charge on any atom is 0.322 e. The molecule has 5 nitrogen and oxygen atoms in total. The molecule has 1 heterocycles. The van der Waals surface area contributed by atoms with Crippen molar-refractivity contribution in [2.24, 2.45) is 5.92 Å². The highest BCUT2D eigenvalue weighted by molar-refractivity contribution is 6.28. The minimum absolute atomic E-state index is 0.169. The molecule has 2 atom stereocenters. The van der Waals surface area contributed by atoms with Gasteiger partial charge in [0.05, 0.1) is 6.61 Å². The highest BCUT2D eigenvalue weighted by Gasteiger charge is 2.21. The van der Waals surface area contributed by atoms with Crippen LogP contribution in [-0.2, 0) is 0 Å². The van der Waals surface area contributed by atoms with Crippen LogP contribution in [0.25, 0.3) is 0 Å². The van der Waals surface area contributed by atoms with Crippen LogP contribution in [0.3, 0.4) is 0 Å². The Morgan fingerprint density at radius 2 is 2.00 bits per heavy atom. The quantitative estimate of drug-likeness (QED) is 0.860. The number of nitrogens with zero attached hydrogens (tertiary/aromatic N) is 3. The summed E-state index contributed by atoms with van der Waals surface area (Å²) in [5.74, 6) is 1.13. The van der Waals surface area contributed by atoms with Gasteiger partial charge >= 0.3 is 6.01 Å². The minimum atomic E-state index is 0.169. The lowest BCUT2D eigenvalue weighted by Crippen LogP contribution is -2.27. The SMILES string of the molecule is CCOc1nc(Cl)nc(NC2CCCCCC2C)n1. The van der Waals surface area contributed by atoms with E-state index in [0.717, 1.165) is 6.42 Å². The van der Waals surface area contributed by atoms with Gasteiger partial charge in [-0.25, -0.2) is 0 Å². The summed E-state index contributed by atoms with van der Waals surface area (Å²) in [6.07, 6.45) is 6.26. The van der Waals surface area contributed by atoms with Gasteiger partial charge in [0.2, 0.25) is 11.2 Å². The Balaban J connectivity index is 2.08. The zero-order chi connectivity index (χ0) is 13.7. The van der Waals surface area contributed by atoms with Crippen molar-refractivity contribution in [2.45, 2.75) is 52.0 Å². The number of halogens is 1. The molecule has 106 valence electrons. The van der Waals surface area contributed by atoms with Crippen molar-refractivity contribution in [3.05, 3.63) is 5.28 Å². The summed E-state index contributed by atoms with van der Waals surface area (Å²) in [6, 6.07) is 0.682. The van der Waals surface area contributed by atoms with Crippen molar-refractivity contribution >= 4 is 17.5 Å². The maximum absolute atomic E-state index is 5.89. The smallest absolute Gasteiger partial charge is 0.322 e. The molecule has 2 unspecified atom stereocenters. The molecule has 1 aromatic rings. The van der Waals surface area contributed by atoms with Crippen molar-refractivity contribution in [1.29, 1.82) is 0 Å². The Morgan fingerprint density at radius 3 is 2.79 bits per heavy atom. The van der Waals surface area contributed by atoms with Gasteiger partial charge in [0.1, 0.15) is 0 Å². The average Bonchev–Trinajstić information content (AvgIpc) is 2.55. The van der Waals surface area contributed by atoms with Gasteiger partial charge in [-0.1, -0.05) is 26.2 Å². The van der Waals surface area contributed by atoms with E-state index in [4.69, 9.17) is 16.3 Å². The van der Waals surface area contributed by atoms with Gasteiger partial charge in [-0.05, 0) is 37.3 Å². The van der Waals surface area contributed by atoms with Gasteiger partial charge in [0.25, 0.3) is 0 Å². The highest BCUT2D eigenvalue weighted by Crippen LogP contribution is 2.25. The lowest BCUT2D eigenvalue weighted by atomic mass is 9.97. The number of aromatic nitrogens is 3. The van der Waals surface area contributed by atoms with E-state index in [-0.39, 0.29) is 11.3 Å². The van der Waals surface area contributed by atoms with Gasteiger partial charge in [-0.15, -0.1) is 0 Å². The number of anilines is 1. The molecular weight excluding hydrogens is 264 g/mol. The van der Waals surface area contributed by atoms with Gasteiger partial charge in [0, 0.05) is 6.04 Å². The van der Waals surface area contributed by atoms with Crippen LogP contribution in [0.15, 0.2) is 0 Å². The van der Waals surface area contributed by atoms with Crippen LogP contribution in [-0.4, -0.2) is 27.6 Å². The topological polar surface area (TPSA) is 59.9 Å². The molecule has 1 aliphatic rings. The molecule has 0 amide bonds. The average molecular weight is 285 g/mol. The first kappa shape index (κ1) is 14.3. The van der Waals surface area contributed by atoms with Crippen LogP contribution in [0.1, 0.15) is 46.0 Å². The fourth-order valence-corrected chi connectivity index (χ4v) is 2.62. The number of nitrogens with one attached hydrogen (secondary N) is 1. The van der Waals surface area contributed by atoms with Crippen molar-refractivity contribution in [3.8, 4) is 6.01 Å². The van der Waals surface area contributed by atoms with Crippen molar-refractivity contribution < 1.29 is 4.74 Å². The fourth-order valence-electron chi connectivity index (χ4n) is 2.46. The van der Waals surface area contributed by atoms with E-state index in [2.05, 4.69) is 27.2 Å². The lowest BCUT2D eigenvalue weighted by molar-refractivity contribution is 0.311. The molecule has 0 bridgehead atoms. The summed E-state index contributed by atoms with van der Waals surface area (Å²) in [4.78, 5) is 12.3. The summed E-state index contributed by atoms with van der Waals surface area (Å²) < 4.78 is 5.28. The van der Waals surface area contributed by atoms with Crippen LogP contribution < -0.4 is 10.1 Å². The van der Waals surface area contributed by atoms with E-state index in [1.165, 1.54) is 25.7 Å². The second-order valence-corrected chi connectivity index (χ2v) is 5.35. The number of hydrogen-bond acceptors (Lipinski definition) is 5. The van der Waals surface area contributed by atoms with Crippen molar-refractivity contribution in [1.82, 2.24) is 15.0 Å². The predicted molar refractivity (Wildman–Crippen MR) is 75.7 cm³/mol. The molecule has 0 aliphatic heterocycles. The molecule has 6 heteroatoms. The predicted octanol–water partition coefficient (Wildman–Crippen LogP) is 3.30. The second-order valence-electron chi connectivity index (χ2n) is 5.01. The first-order valence-corrected chi connectivity index (χ1v) is 7.37. The highest BCUT2D eigenvalue weighted by atomic mass is 35.5. The zero-order valence-corrected chi connectivity index (χ0v) is 12.3. The molecule has 0 aromatic carbocycles. The Kier molecular flexibility index (Phi) is 5.19. The fraction of sp³-hybridized carbons (Fsp3) is 0.769. The molecule has 2 rings (SSSR count). The first-order chi connectivity index (χ1) is 9.19. The molecule has 0 spiro atoms. The zero-order valence-electron chi connectivity index (χ0n) is 11.5. The largest absolute Gasteiger partial charge is 0.464 e. The molecule has 1 fully saturated rings. The third kappa shape index (κ3) is 4.20. The summed E-state index contributed by atoms with van der Waals surface area (Å²) in [6.45, 7) is 4.67. The monoisotopic (exact) mass is 284 g/mol. The van der Waals surface area contributed by atoms with Crippen molar-refractivity contribution in [2.75, 3.05) is 11.9 Å². The maximum atomic E-state index is 5.89. The molecular formula is C13H21ClN4O. The number of rotatable bonds is 4. The van der Waals surface area contributed by atoms with Gasteiger partial charge < -0.3 is 10.1 Å². The molecule has 19 heavy (non-hydrogen) atoms. The number of hydrogen-bond donors (Lipinski definition) is 1. The molecule has 1 saturated carbocycles. The Morgan fingerprint density at radius 1 is 1.21 bits per heavy atom. The van der Waals surface area contributed by atoms with E-state index in [1.807, 2.05) is 6.92 Å². The molecule has 1 aliphatic carbocycles. The van der Waals surface area contributed by atoms with E-state index in [9.17, 15) is 0 Å². The Bertz CT molecular complexity index is 416. The standard InChI is InChI=1S/C13H21ClN4O/c1-3-19-13-17-11(14)16-12(18-13)15-10-8-6-4-5-7-9(10)2/h9-10H,3-8H2,1-2H3,(H,15,16,17,18). The summed E-state index contributed by atoms with van der Waals surface area (Å²) >= 11 is 5.89. The normalized spacial score (nSPS) is 23.7. The third-order valence-electron chi connectivity index (χ3n) is 3.54. The van der Waals surface area contributed by atoms with E-state index in [0.29, 0.717) is 24.5 Å². The summed E-state index contributed by atoms with van der Waals surface area (Å²) in [5.41, 5.74) is 0. The summed E-state index contributed by atoms with van der Waals surface area (Å²) in [7, 11) is 0. The van der Waals surface area contributed by atoms with Crippen LogP contribution in [0.2, 0.25) is 5.28 Å². The lowest BCUT2D eigenvalue weighted by Gasteiger charge is -2.22. The van der Waals surface area contributed by atoms with Gasteiger partial charge in [-0.3, -0.25) is 0 Å². The van der Waals surface area contributed by atoms with E-state index in [1.54, 1.807) is 0 Å². The molecule has 1 aromatic heterocycles. The second kappa shape index (κ2) is 6.89. The third-order valence-corrected chi connectivity index (χ3v) is 3.71. The molecule has 0 saturated heterocycles. The van der Waals surface area contributed by atoms with E-state index >= 15 is 0 Å². The van der Waals surface area contributed by atoms with Crippen LogP contribution in [0, 0.1) is 5.92 Å². The van der Waals surface area contributed by atoms with E-state index < -0.39 is 0 Å². The Labute approximate surface area is 119 Å². The summed E-state index contributed by atoms with van der Waals surface area (Å²) in [5, 5.41) is 3.55. The van der Waals surface area contributed by atoms with Crippen LogP contribution >= 0.6 is 11.6 Å². The molecule has 1 N–H and O–H groups in total.